The molecule has 0 saturated heterocycles. The molecular formula is C9H15N3O3S. The summed E-state index contributed by atoms with van der Waals surface area (Å²) in [6.45, 7) is 0.452. The van der Waals surface area contributed by atoms with Crippen molar-refractivity contribution >= 4 is 9.84 Å². The van der Waals surface area contributed by atoms with E-state index in [2.05, 4.69) is 20.0 Å². The molecule has 1 fully saturated rings. The van der Waals surface area contributed by atoms with Crippen LogP contribution in [-0.4, -0.2) is 36.1 Å². The predicted molar refractivity (Wildman–Crippen MR) is 57.4 cm³/mol. The van der Waals surface area contributed by atoms with Crippen LogP contribution in [0.15, 0.2) is 10.9 Å². The average Bonchev–Trinajstić information content (AvgIpc) is 2.85. The monoisotopic (exact) mass is 245 g/mol. The Hall–Kier alpha value is -0.950. The molecule has 0 bridgehead atoms. The molecule has 16 heavy (non-hydrogen) atoms. The van der Waals surface area contributed by atoms with Crippen LogP contribution in [0.5, 0.6) is 0 Å². The van der Waals surface area contributed by atoms with Crippen molar-refractivity contribution in [2.45, 2.75) is 37.1 Å². The first-order valence-corrected chi connectivity index (χ1v) is 7.20. The van der Waals surface area contributed by atoms with Crippen molar-refractivity contribution in [2.75, 3.05) is 6.26 Å². The van der Waals surface area contributed by atoms with E-state index in [0.29, 0.717) is 12.4 Å². The van der Waals surface area contributed by atoms with Crippen LogP contribution in [0.25, 0.3) is 0 Å². The molecule has 0 radical (unpaired) electrons. The SMILES string of the molecule is CS(=O)(=O)C1CCCC1NCc1ncon1. The predicted octanol–water partition coefficient (Wildman–Crippen LogP) is 0.125. The van der Waals surface area contributed by atoms with Gasteiger partial charge in [-0.05, 0) is 12.8 Å². The van der Waals surface area contributed by atoms with E-state index in [9.17, 15) is 8.42 Å². The van der Waals surface area contributed by atoms with Crippen molar-refractivity contribution in [3.8, 4) is 0 Å². The van der Waals surface area contributed by atoms with Gasteiger partial charge in [-0.25, -0.2) is 8.42 Å². The highest BCUT2D eigenvalue weighted by molar-refractivity contribution is 7.91. The summed E-state index contributed by atoms with van der Waals surface area (Å²) in [4.78, 5) is 3.87. The molecule has 90 valence electrons. The van der Waals surface area contributed by atoms with Crippen LogP contribution in [0.3, 0.4) is 0 Å². The summed E-state index contributed by atoms with van der Waals surface area (Å²) in [6, 6.07) is 0.00787. The highest BCUT2D eigenvalue weighted by Crippen LogP contribution is 2.25. The summed E-state index contributed by atoms with van der Waals surface area (Å²) >= 11 is 0. The molecule has 0 aliphatic heterocycles. The Morgan fingerprint density at radius 2 is 2.38 bits per heavy atom. The normalized spacial score (nSPS) is 26.1. The molecule has 2 rings (SSSR count). The molecule has 7 heteroatoms. The van der Waals surface area contributed by atoms with Gasteiger partial charge in [0.05, 0.1) is 11.8 Å². The van der Waals surface area contributed by atoms with Gasteiger partial charge in [-0.2, -0.15) is 4.98 Å². The number of rotatable bonds is 4. The highest BCUT2D eigenvalue weighted by Gasteiger charge is 2.34. The molecule has 1 aliphatic rings. The molecular weight excluding hydrogens is 230 g/mol. The maximum absolute atomic E-state index is 11.5. The van der Waals surface area contributed by atoms with Crippen molar-refractivity contribution in [3.63, 3.8) is 0 Å². The van der Waals surface area contributed by atoms with Gasteiger partial charge in [0.25, 0.3) is 0 Å². The summed E-state index contributed by atoms with van der Waals surface area (Å²) in [7, 11) is -2.97. The molecule has 0 aromatic carbocycles. The van der Waals surface area contributed by atoms with Crippen LogP contribution >= 0.6 is 0 Å². The quantitative estimate of drug-likeness (QED) is 0.811. The molecule has 6 nitrogen and oxygen atoms in total. The lowest BCUT2D eigenvalue weighted by molar-refractivity contribution is 0.403. The van der Waals surface area contributed by atoms with Gasteiger partial charge in [-0.1, -0.05) is 11.6 Å². The largest absolute Gasteiger partial charge is 0.343 e. The smallest absolute Gasteiger partial charge is 0.213 e. The van der Waals surface area contributed by atoms with Crippen molar-refractivity contribution in [3.05, 3.63) is 12.2 Å². The number of aromatic nitrogens is 2. The van der Waals surface area contributed by atoms with E-state index in [1.165, 1.54) is 12.6 Å². The van der Waals surface area contributed by atoms with Gasteiger partial charge in [0.15, 0.2) is 15.7 Å². The minimum Gasteiger partial charge on any atom is -0.343 e. The third kappa shape index (κ3) is 2.59. The Morgan fingerprint density at radius 1 is 1.56 bits per heavy atom. The van der Waals surface area contributed by atoms with E-state index >= 15 is 0 Å². The molecule has 1 aromatic rings. The van der Waals surface area contributed by atoms with Gasteiger partial charge in [0.2, 0.25) is 6.39 Å². The Labute approximate surface area is 94.3 Å². The van der Waals surface area contributed by atoms with E-state index < -0.39 is 9.84 Å². The Bertz CT molecular complexity index is 429. The maximum Gasteiger partial charge on any atom is 0.213 e. The van der Waals surface area contributed by atoms with Gasteiger partial charge in [-0.3, -0.25) is 0 Å². The second kappa shape index (κ2) is 4.50. The lowest BCUT2D eigenvalue weighted by Gasteiger charge is -2.18. The second-order valence-corrected chi connectivity index (χ2v) is 6.40. The van der Waals surface area contributed by atoms with E-state index in [1.54, 1.807) is 0 Å². The number of hydrogen-bond donors (Lipinski definition) is 1. The molecule has 1 saturated carbocycles. The van der Waals surface area contributed by atoms with E-state index in [-0.39, 0.29) is 11.3 Å². The lowest BCUT2D eigenvalue weighted by atomic mass is 10.2. The van der Waals surface area contributed by atoms with Gasteiger partial charge in [0.1, 0.15) is 0 Å². The standard InChI is InChI=1S/C9H15N3O3S/c1-16(13,14)8-4-2-3-7(8)10-5-9-11-6-15-12-9/h6-8,10H,2-5H2,1H3. The van der Waals surface area contributed by atoms with Crippen molar-refractivity contribution in [2.24, 2.45) is 0 Å². The summed E-state index contributed by atoms with van der Waals surface area (Å²) in [5, 5.41) is 6.56. The molecule has 1 aliphatic carbocycles. The summed E-state index contributed by atoms with van der Waals surface area (Å²) < 4.78 is 27.6. The van der Waals surface area contributed by atoms with Gasteiger partial charge >= 0.3 is 0 Å². The van der Waals surface area contributed by atoms with Crippen molar-refractivity contribution in [1.29, 1.82) is 0 Å². The number of hydrogen-bond acceptors (Lipinski definition) is 6. The topological polar surface area (TPSA) is 85.1 Å². The highest BCUT2D eigenvalue weighted by atomic mass is 32.2. The fraction of sp³-hybridized carbons (Fsp3) is 0.778. The van der Waals surface area contributed by atoms with Crippen LogP contribution in [0.1, 0.15) is 25.1 Å². The van der Waals surface area contributed by atoms with Gasteiger partial charge in [0, 0.05) is 12.3 Å². The minimum absolute atomic E-state index is 0.00787. The first kappa shape index (κ1) is 11.5. The molecule has 0 amide bonds. The summed E-state index contributed by atoms with van der Waals surface area (Å²) in [5.41, 5.74) is 0. The molecule has 1 N–H and O–H groups in total. The van der Waals surface area contributed by atoms with Crippen molar-refractivity contribution < 1.29 is 12.9 Å². The van der Waals surface area contributed by atoms with Gasteiger partial charge in [-0.15, -0.1) is 0 Å². The zero-order valence-electron chi connectivity index (χ0n) is 9.09. The van der Waals surface area contributed by atoms with Crippen LogP contribution in [0.4, 0.5) is 0 Å². The Kier molecular flexibility index (Phi) is 3.25. The van der Waals surface area contributed by atoms with E-state index in [0.717, 1.165) is 19.3 Å². The number of nitrogens with one attached hydrogen (secondary N) is 1. The van der Waals surface area contributed by atoms with Crippen LogP contribution in [0, 0.1) is 0 Å². The maximum atomic E-state index is 11.5. The fourth-order valence-electron chi connectivity index (χ4n) is 2.16. The molecule has 0 spiro atoms. The van der Waals surface area contributed by atoms with E-state index in [4.69, 9.17) is 0 Å². The minimum atomic E-state index is -2.97. The number of nitrogens with zero attached hydrogens (tertiary/aromatic N) is 2. The second-order valence-electron chi connectivity index (χ2n) is 4.13. The molecule has 1 heterocycles. The third-order valence-electron chi connectivity index (χ3n) is 2.93. The van der Waals surface area contributed by atoms with Gasteiger partial charge < -0.3 is 9.84 Å². The summed E-state index contributed by atoms with van der Waals surface area (Å²) in [5.74, 6) is 0.555. The van der Waals surface area contributed by atoms with Crippen LogP contribution < -0.4 is 5.32 Å². The molecule has 2 atom stereocenters. The first-order chi connectivity index (χ1) is 7.57. The molecule has 2 unspecified atom stereocenters. The average molecular weight is 245 g/mol. The fourth-order valence-corrected chi connectivity index (χ4v) is 3.59. The Balaban J connectivity index is 1.94. The van der Waals surface area contributed by atoms with E-state index in [1.807, 2.05) is 0 Å². The molecule has 1 aromatic heterocycles. The van der Waals surface area contributed by atoms with Crippen LogP contribution in [-0.2, 0) is 16.4 Å². The lowest BCUT2D eigenvalue weighted by Crippen LogP contribution is -2.39. The summed E-state index contributed by atoms with van der Waals surface area (Å²) in [6.07, 6.45) is 5.13. The zero-order valence-corrected chi connectivity index (χ0v) is 9.90. The Morgan fingerprint density at radius 3 is 3.00 bits per heavy atom. The number of sulfone groups is 1. The first-order valence-electron chi connectivity index (χ1n) is 5.25. The van der Waals surface area contributed by atoms with Crippen LogP contribution in [0.2, 0.25) is 0 Å². The third-order valence-corrected chi connectivity index (χ3v) is 4.60. The van der Waals surface area contributed by atoms with Crippen molar-refractivity contribution in [1.82, 2.24) is 15.5 Å². The zero-order chi connectivity index (χ0) is 11.6.